The summed E-state index contributed by atoms with van der Waals surface area (Å²) in [6.45, 7) is 3.25. The van der Waals surface area contributed by atoms with E-state index in [2.05, 4.69) is 5.32 Å². The lowest BCUT2D eigenvalue weighted by molar-refractivity contribution is -0.140. The zero-order valence-corrected chi connectivity index (χ0v) is 20.0. The molecule has 1 N–H and O–H groups in total. The molecule has 2 aromatic carbocycles. The van der Waals surface area contributed by atoms with Crippen molar-refractivity contribution in [3.63, 3.8) is 0 Å². The third kappa shape index (κ3) is 6.43. The molecule has 0 radical (unpaired) electrons. The van der Waals surface area contributed by atoms with Gasteiger partial charge in [0.2, 0.25) is 21.8 Å². The van der Waals surface area contributed by atoms with Crippen molar-refractivity contribution in [2.75, 3.05) is 24.2 Å². The molecule has 0 saturated heterocycles. The van der Waals surface area contributed by atoms with Gasteiger partial charge in [-0.05, 0) is 37.1 Å². The van der Waals surface area contributed by atoms with E-state index < -0.39 is 34.3 Å². The second-order valence-corrected chi connectivity index (χ2v) is 9.73. The minimum absolute atomic E-state index is 0.0514. The first-order chi connectivity index (χ1) is 15.0. The van der Waals surface area contributed by atoms with Gasteiger partial charge in [-0.25, -0.2) is 12.8 Å². The van der Waals surface area contributed by atoms with Gasteiger partial charge in [-0.1, -0.05) is 48.4 Å². The summed E-state index contributed by atoms with van der Waals surface area (Å²) in [7, 11) is -2.43. The van der Waals surface area contributed by atoms with Crippen molar-refractivity contribution in [1.82, 2.24) is 10.2 Å². The Morgan fingerprint density at radius 3 is 2.28 bits per heavy atom. The summed E-state index contributed by atoms with van der Waals surface area (Å²) in [5.74, 6) is -1.64. The zero-order chi connectivity index (χ0) is 24.1. The van der Waals surface area contributed by atoms with Crippen LogP contribution in [0, 0.1) is 12.7 Å². The predicted octanol–water partition coefficient (Wildman–Crippen LogP) is 3.11. The SMILES string of the molecule is CC[C@@H](C(=O)NC)N(Cc1ccc(C)cc1)C(=O)CN(c1ccc(F)c(Cl)c1)S(C)(=O)=O. The van der Waals surface area contributed by atoms with Crippen LogP contribution >= 0.6 is 11.6 Å². The Morgan fingerprint density at radius 2 is 1.78 bits per heavy atom. The van der Waals surface area contributed by atoms with E-state index in [1.807, 2.05) is 31.2 Å². The summed E-state index contributed by atoms with van der Waals surface area (Å²) in [5.41, 5.74) is 1.89. The van der Waals surface area contributed by atoms with Gasteiger partial charge in [-0.15, -0.1) is 0 Å². The largest absolute Gasteiger partial charge is 0.357 e. The van der Waals surface area contributed by atoms with Crippen molar-refractivity contribution < 1.29 is 22.4 Å². The van der Waals surface area contributed by atoms with Crippen molar-refractivity contribution in [3.8, 4) is 0 Å². The topological polar surface area (TPSA) is 86.8 Å². The van der Waals surface area contributed by atoms with Gasteiger partial charge in [0.15, 0.2) is 0 Å². The molecule has 0 aromatic heterocycles. The Morgan fingerprint density at radius 1 is 1.16 bits per heavy atom. The second kappa shape index (κ2) is 10.8. The van der Waals surface area contributed by atoms with Gasteiger partial charge in [0.25, 0.3) is 0 Å². The fourth-order valence-corrected chi connectivity index (χ4v) is 4.25. The molecule has 0 fully saturated rings. The van der Waals surface area contributed by atoms with Crippen molar-refractivity contribution in [2.45, 2.75) is 32.9 Å². The molecule has 0 aliphatic rings. The summed E-state index contributed by atoms with van der Waals surface area (Å²) in [4.78, 5) is 27.2. The molecule has 174 valence electrons. The van der Waals surface area contributed by atoms with Crippen LogP contribution in [0.15, 0.2) is 42.5 Å². The number of hydrogen-bond acceptors (Lipinski definition) is 4. The van der Waals surface area contributed by atoms with Crippen LogP contribution in [0.5, 0.6) is 0 Å². The number of hydrogen-bond donors (Lipinski definition) is 1. The highest BCUT2D eigenvalue weighted by Crippen LogP contribution is 2.25. The van der Waals surface area contributed by atoms with Gasteiger partial charge < -0.3 is 10.2 Å². The van der Waals surface area contributed by atoms with E-state index in [4.69, 9.17) is 11.6 Å². The molecule has 2 aromatic rings. The van der Waals surface area contributed by atoms with Crippen LogP contribution in [0.3, 0.4) is 0 Å². The van der Waals surface area contributed by atoms with E-state index in [-0.39, 0.29) is 23.2 Å². The average molecular weight is 484 g/mol. The van der Waals surface area contributed by atoms with E-state index in [9.17, 15) is 22.4 Å². The number of nitrogens with one attached hydrogen (secondary N) is 1. The Bertz CT molecular complexity index is 1080. The van der Waals surface area contributed by atoms with Crippen molar-refractivity contribution >= 4 is 39.1 Å². The van der Waals surface area contributed by atoms with E-state index in [1.54, 1.807) is 6.92 Å². The minimum Gasteiger partial charge on any atom is -0.357 e. The van der Waals surface area contributed by atoms with Crippen molar-refractivity contribution in [1.29, 1.82) is 0 Å². The zero-order valence-electron chi connectivity index (χ0n) is 18.4. The Labute approximate surface area is 193 Å². The molecular weight excluding hydrogens is 457 g/mol. The molecule has 10 heteroatoms. The number of halogens is 2. The average Bonchev–Trinajstić information content (AvgIpc) is 2.74. The van der Waals surface area contributed by atoms with Gasteiger partial charge >= 0.3 is 0 Å². The van der Waals surface area contributed by atoms with Crippen LogP contribution in [0.1, 0.15) is 24.5 Å². The van der Waals surface area contributed by atoms with Crippen LogP contribution < -0.4 is 9.62 Å². The highest BCUT2D eigenvalue weighted by Gasteiger charge is 2.31. The minimum atomic E-state index is -3.91. The van der Waals surface area contributed by atoms with E-state index in [0.717, 1.165) is 33.8 Å². The lowest BCUT2D eigenvalue weighted by atomic mass is 10.1. The fraction of sp³-hybridized carbons (Fsp3) is 0.364. The predicted molar refractivity (Wildman–Crippen MR) is 123 cm³/mol. The number of nitrogens with zero attached hydrogens (tertiary/aromatic N) is 2. The van der Waals surface area contributed by atoms with E-state index in [0.29, 0.717) is 6.42 Å². The number of likely N-dealkylation sites (N-methyl/N-ethyl adjacent to an activating group) is 1. The Kier molecular flexibility index (Phi) is 8.63. The van der Waals surface area contributed by atoms with E-state index >= 15 is 0 Å². The first-order valence-corrected chi connectivity index (χ1v) is 12.2. The molecule has 0 unspecified atom stereocenters. The molecule has 0 aliphatic heterocycles. The Hall–Kier alpha value is -2.65. The van der Waals surface area contributed by atoms with Crippen molar-refractivity contribution in [2.24, 2.45) is 0 Å². The van der Waals surface area contributed by atoms with Gasteiger partial charge in [0.05, 0.1) is 17.0 Å². The molecule has 2 amide bonds. The molecular formula is C22H27ClFN3O4S. The van der Waals surface area contributed by atoms with Crippen LogP contribution in [-0.2, 0) is 26.2 Å². The Balaban J connectivity index is 2.43. The maximum Gasteiger partial charge on any atom is 0.244 e. The number of rotatable bonds is 9. The number of aryl methyl sites for hydroxylation is 1. The molecule has 0 aliphatic carbocycles. The third-order valence-corrected chi connectivity index (χ3v) is 6.41. The van der Waals surface area contributed by atoms with E-state index in [1.165, 1.54) is 18.0 Å². The number of carbonyl (C=O) groups is 2. The standard InChI is InChI=1S/C22H27ClFN3O4S/c1-5-20(22(29)25-3)26(13-16-8-6-15(2)7-9-16)21(28)14-27(32(4,30)31)17-10-11-19(24)18(23)12-17/h6-12,20H,5,13-14H2,1-4H3,(H,25,29)/t20-/m0/s1. The van der Waals surface area contributed by atoms with Crippen LogP contribution in [-0.4, -0.2) is 51.0 Å². The maximum absolute atomic E-state index is 13.6. The molecule has 2 rings (SSSR count). The first kappa shape index (κ1) is 25.6. The van der Waals surface area contributed by atoms with Crippen LogP contribution in [0.4, 0.5) is 10.1 Å². The maximum atomic E-state index is 13.6. The van der Waals surface area contributed by atoms with Crippen LogP contribution in [0.25, 0.3) is 0 Å². The number of carbonyl (C=O) groups excluding carboxylic acids is 2. The molecule has 32 heavy (non-hydrogen) atoms. The summed E-state index contributed by atoms with van der Waals surface area (Å²) >= 11 is 5.82. The quantitative estimate of drug-likeness (QED) is 0.593. The summed E-state index contributed by atoms with van der Waals surface area (Å²) in [5, 5.41) is 2.28. The monoisotopic (exact) mass is 483 g/mol. The number of benzene rings is 2. The van der Waals surface area contributed by atoms with Gasteiger partial charge in [-0.3, -0.25) is 13.9 Å². The summed E-state index contributed by atoms with van der Waals surface area (Å²) < 4.78 is 39.3. The van der Waals surface area contributed by atoms with Gasteiger partial charge in [-0.2, -0.15) is 0 Å². The molecule has 0 heterocycles. The lowest BCUT2D eigenvalue weighted by Gasteiger charge is -2.32. The highest BCUT2D eigenvalue weighted by atomic mass is 35.5. The normalized spacial score (nSPS) is 12.2. The molecule has 0 saturated carbocycles. The molecule has 0 spiro atoms. The van der Waals surface area contributed by atoms with Gasteiger partial charge in [0.1, 0.15) is 18.4 Å². The van der Waals surface area contributed by atoms with Crippen molar-refractivity contribution in [3.05, 3.63) is 64.4 Å². The highest BCUT2D eigenvalue weighted by molar-refractivity contribution is 7.92. The molecule has 1 atom stereocenters. The molecule has 7 nitrogen and oxygen atoms in total. The number of anilines is 1. The van der Waals surface area contributed by atoms with Gasteiger partial charge in [0, 0.05) is 13.6 Å². The lowest BCUT2D eigenvalue weighted by Crippen LogP contribution is -2.51. The molecule has 0 bridgehead atoms. The smallest absolute Gasteiger partial charge is 0.244 e. The second-order valence-electron chi connectivity index (χ2n) is 7.41. The fourth-order valence-electron chi connectivity index (χ4n) is 3.23. The number of sulfonamides is 1. The summed E-state index contributed by atoms with van der Waals surface area (Å²) in [6, 6.07) is 10.1. The van der Waals surface area contributed by atoms with Crippen LogP contribution in [0.2, 0.25) is 5.02 Å². The number of amides is 2. The summed E-state index contributed by atoms with van der Waals surface area (Å²) in [6.07, 6.45) is 1.27. The first-order valence-electron chi connectivity index (χ1n) is 9.97. The third-order valence-electron chi connectivity index (χ3n) is 4.98.